The second-order valence-corrected chi connectivity index (χ2v) is 4.18. The summed E-state index contributed by atoms with van der Waals surface area (Å²) in [5.74, 6) is -0.635. The molecule has 0 radical (unpaired) electrons. The number of nitrogens with zero attached hydrogens (tertiary/aromatic N) is 3. The molecule has 2 aromatic rings. The Hall–Kier alpha value is -2.90. The van der Waals surface area contributed by atoms with E-state index in [9.17, 15) is 18.0 Å². The molecule has 0 bridgehead atoms. The Morgan fingerprint density at radius 2 is 1.91 bits per heavy atom. The lowest BCUT2D eigenvalue weighted by molar-refractivity contribution is -0.141. The number of nitrogens with two attached hydrogens (primary N) is 1. The quantitative estimate of drug-likeness (QED) is 0.885. The number of allylic oxidation sites excluding steroid dienone is 1. The summed E-state index contributed by atoms with van der Waals surface area (Å²) in [5, 5.41) is 3.68. The average Bonchev–Trinajstić information content (AvgIpc) is 2.45. The van der Waals surface area contributed by atoms with Gasteiger partial charge in [-0.05, 0) is 11.6 Å². The third kappa shape index (κ3) is 3.81. The van der Waals surface area contributed by atoms with E-state index in [4.69, 9.17) is 5.73 Å². The van der Waals surface area contributed by atoms with E-state index >= 15 is 0 Å². The molecule has 0 amide bonds. The highest BCUT2D eigenvalue weighted by Crippen LogP contribution is 2.26. The summed E-state index contributed by atoms with van der Waals surface area (Å²) in [6.45, 7) is 0. The Labute approximate surface area is 123 Å². The van der Waals surface area contributed by atoms with Crippen molar-refractivity contribution < 1.29 is 13.2 Å². The van der Waals surface area contributed by atoms with Crippen molar-refractivity contribution in [3.05, 3.63) is 64.1 Å². The summed E-state index contributed by atoms with van der Waals surface area (Å²) in [6, 6.07) is 9.60. The van der Waals surface area contributed by atoms with Gasteiger partial charge < -0.3 is 5.73 Å². The van der Waals surface area contributed by atoms with Gasteiger partial charge in [0.05, 0.1) is 0 Å². The fourth-order valence-electron chi connectivity index (χ4n) is 1.58. The first-order valence-electron chi connectivity index (χ1n) is 6.11. The molecule has 8 heteroatoms. The van der Waals surface area contributed by atoms with Gasteiger partial charge in [-0.2, -0.15) is 22.9 Å². The molecular formula is C14H11F3N4O. The van der Waals surface area contributed by atoms with E-state index in [1.807, 2.05) is 30.3 Å². The van der Waals surface area contributed by atoms with Gasteiger partial charge in [0.25, 0.3) is 5.56 Å². The molecule has 0 spiro atoms. The number of hydrogen-bond acceptors (Lipinski definition) is 4. The van der Waals surface area contributed by atoms with Crippen LogP contribution in [0.1, 0.15) is 11.3 Å². The van der Waals surface area contributed by atoms with Gasteiger partial charge in [-0.3, -0.25) is 4.79 Å². The summed E-state index contributed by atoms with van der Waals surface area (Å²) >= 11 is 0. The van der Waals surface area contributed by atoms with Gasteiger partial charge >= 0.3 is 6.18 Å². The van der Waals surface area contributed by atoms with Crippen molar-refractivity contribution in [2.45, 2.75) is 6.18 Å². The van der Waals surface area contributed by atoms with Gasteiger partial charge in [-0.1, -0.05) is 36.4 Å². The predicted octanol–water partition coefficient (Wildman–Crippen LogP) is 2.39. The molecule has 0 saturated carbocycles. The Kier molecular flexibility index (Phi) is 4.40. The fraction of sp³-hybridized carbons (Fsp3) is 0.0714. The zero-order valence-electron chi connectivity index (χ0n) is 11.2. The third-order valence-electron chi connectivity index (χ3n) is 2.57. The molecule has 2 N–H and O–H groups in total. The molecule has 0 atom stereocenters. The first-order valence-corrected chi connectivity index (χ1v) is 6.11. The van der Waals surface area contributed by atoms with Crippen molar-refractivity contribution >= 4 is 18.2 Å². The number of alkyl halides is 3. The fourth-order valence-corrected chi connectivity index (χ4v) is 1.58. The van der Waals surface area contributed by atoms with Crippen LogP contribution in [0.4, 0.5) is 19.1 Å². The molecule has 0 aliphatic rings. The van der Waals surface area contributed by atoms with Crippen molar-refractivity contribution in [3.63, 3.8) is 0 Å². The molecule has 0 aliphatic heterocycles. The Balaban J connectivity index is 2.22. The molecule has 22 heavy (non-hydrogen) atoms. The van der Waals surface area contributed by atoms with Crippen LogP contribution in [0, 0.1) is 0 Å². The summed E-state index contributed by atoms with van der Waals surface area (Å²) in [7, 11) is 0. The summed E-state index contributed by atoms with van der Waals surface area (Å²) in [6.07, 6.45) is -0.260. The van der Waals surface area contributed by atoms with Gasteiger partial charge in [-0.15, -0.1) is 0 Å². The number of benzene rings is 1. The normalized spacial score (nSPS) is 12.3. The standard InChI is InChI=1S/C14H11F3N4O/c15-14(16,17)11-9-12(22)21(13(18)20-11)19-8-4-7-10-5-2-1-3-6-10/h1-9H,(H2,18,20). The molecule has 1 aromatic heterocycles. The molecule has 0 unspecified atom stereocenters. The molecule has 0 aliphatic carbocycles. The lowest BCUT2D eigenvalue weighted by atomic mass is 10.2. The maximum Gasteiger partial charge on any atom is 0.433 e. The van der Waals surface area contributed by atoms with Crippen LogP contribution in [-0.2, 0) is 6.18 Å². The molecular weight excluding hydrogens is 297 g/mol. The molecule has 2 rings (SSSR count). The van der Waals surface area contributed by atoms with E-state index < -0.39 is 23.4 Å². The second kappa shape index (κ2) is 6.25. The maximum atomic E-state index is 12.5. The molecule has 5 nitrogen and oxygen atoms in total. The van der Waals surface area contributed by atoms with Gasteiger partial charge in [-0.25, -0.2) is 4.98 Å². The molecule has 114 valence electrons. The van der Waals surface area contributed by atoms with E-state index in [1.165, 1.54) is 12.3 Å². The van der Waals surface area contributed by atoms with E-state index in [1.54, 1.807) is 6.08 Å². The van der Waals surface area contributed by atoms with Crippen molar-refractivity contribution in [2.24, 2.45) is 5.10 Å². The number of anilines is 1. The Bertz CT molecular complexity index is 764. The van der Waals surface area contributed by atoms with Crippen LogP contribution in [0.15, 0.2) is 52.4 Å². The highest BCUT2D eigenvalue weighted by atomic mass is 19.4. The predicted molar refractivity (Wildman–Crippen MR) is 77.3 cm³/mol. The van der Waals surface area contributed by atoms with Crippen LogP contribution < -0.4 is 11.3 Å². The highest BCUT2D eigenvalue weighted by molar-refractivity contribution is 5.78. The van der Waals surface area contributed by atoms with Crippen LogP contribution in [0.3, 0.4) is 0 Å². The average molecular weight is 308 g/mol. The van der Waals surface area contributed by atoms with Crippen molar-refractivity contribution in [3.8, 4) is 0 Å². The number of halogens is 3. The van der Waals surface area contributed by atoms with Crippen LogP contribution in [0.2, 0.25) is 0 Å². The lowest BCUT2D eigenvalue weighted by Crippen LogP contribution is -2.24. The zero-order valence-corrected chi connectivity index (χ0v) is 11.2. The lowest BCUT2D eigenvalue weighted by Gasteiger charge is -2.07. The highest BCUT2D eigenvalue weighted by Gasteiger charge is 2.33. The van der Waals surface area contributed by atoms with E-state index in [0.717, 1.165) is 5.56 Å². The molecule has 0 saturated heterocycles. The van der Waals surface area contributed by atoms with Crippen molar-refractivity contribution in [1.82, 2.24) is 9.66 Å². The van der Waals surface area contributed by atoms with Gasteiger partial charge in [0.2, 0.25) is 5.95 Å². The minimum Gasteiger partial charge on any atom is -0.368 e. The van der Waals surface area contributed by atoms with Crippen LogP contribution in [0.25, 0.3) is 6.08 Å². The first kappa shape index (κ1) is 15.5. The smallest absolute Gasteiger partial charge is 0.368 e. The summed E-state index contributed by atoms with van der Waals surface area (Å²) in [5.41, 5.74) is 3.87. The zero-order chi connectivity index (χ0) is 16.2. The first-order chi connectivity index (χ1) is 10.4. The molecule has 1 heterocycles. The van der Waals surface area contributed by atoms with E-state index in [0.29, 0.717) is 10.7 Å². The minimum absolute atomic E-state index is 0.342. The minimum atomic E-state index is -4.73. The Morgan fingerprint density at radius 3 is 2.50 bits per heavy atom. The van der Waals surface area contributed by atoms with E-state index in [-0.39, 0.29) is 0 Å². The van der Waals surface area contributed by atoms with Crippen molar-refractivity contribution in [1.29, 1.82) is 0 Å². The number of aromatic nitrogens is 2. The monoisotopic (exact) mass is 308 g/mol. The largest absolute Gasteiger partial charge is 0.433 e. The van der Waals surface area contributed by atoms with Gasteiger partial charge in [0.1, 0.15) is 0 Å². The molecule has 1 aromatic carbocycles. The maximum absolute atomic E-state index is 12.5. The van der Waals surface area contributed by atoms with Crippen LogP contribution >= 0.6 is 0 Å². The SMILES string of the molecule is Nc1nc(C(F)(F)F)cc(=O)n1N=CC=Cc1ccccc1. The van der Waals surface area contributed by atoms with Gasteiger partial charge in [0, 0.05) is 12.3 Å². The number of nitrogen functional groups attached to an aromatic ring is 1. The topological polar surface area (TPSA) is 73.3 Å². The van der Waals surface area contributed by atoms with Crippen LogP contribution in [0.5, 0.6) is 0 Å². The summed E-state index contributed by atoms with van der Waals surface area (Å²) < 4.78 is 38.0. The van der Waals surface area contributed by atoms with Gasteiger partial charge in [0.15, 0.2) is 5.69 Å². The molecule has 0 fully saturated rings. The van der Waals surface area contributed by atoms with Crippen LogP contribution in [-0.4, -0.2) is 15.9 Å². The number of rotatable bonds is 3. The third-order valence-corrected chi connectivity index (χ3v) is 2.57. The van der Waals surface area contributed by atoms with E-state index in [2.05, 4.69) is 10.1 Å². The summed E-state index contributed by atoms with van der Waals surface area (Å²) in [4.78, 5) is 14.7. The second-order valence-electron chi connectivity index (χ2n) is 4.18. The van der Waals surface area contributed by atoms with Crippen molar-refractivity contribution in [2.75, 3.05) is 5.73 Å². The Morgan fingerprint density at radius 1 is 1.23 bits per heavy atom. The number of hydrogen-bond donors (Lipinski definition) is 1.